The molecule has 0 aliphatic rings. The van der Waals surface area contributed by atoms with Gasteiger partial charge in [0.25, 0.3) is 0 Å². The fourth-order valence-corrected chi connectivity index (χ4v) is 2.43. The van der Waals surface area contributed by atoms with E-state index in [9.17, 15) is 5.26 Å². The van der Waals surface area contributed by atoms with Crippen molar-refractivity contribution in [1.82, 2.24) is 5.32 Å². The van der Waals surface area contributed by atoms with E-state index in [-0.39, 0.29) is 0 Å². The first kappa shape index (κ1) is 17.5. The molecule has 1 unspecified atom stereocenters. The standard InChI is InChI=1S/C18H29N3/c1-5-13-20-18(4,15-19)12-7-14-21(6-2)17-10-8-16(3)9-11-17/h8-11,20H,5-7,12-14H2,1-4H3. The van der Waals surface area contributed by atoms with Crippen LogP contribution in [-0.4, -0.2) is 25.2 Å². The van der Waals surface area contributed by atoms with Crippen LogP contribution in [-0.2, 0) is 0 Å². The van der Waals surface area contributed by atoms with Crippen molar-refractivity contribution in [3.05, 3.63) is 29.8 Å². The summed E-state index contributed by atoms with van der Waals surface area (Å²) in [6.07, 6.45) is 2.95. The van der Waals surface area contributed by atoms with Crippen molar-refractivity contribution in [3.63, 3.8) is 0 Å². The predicted octanol–water partition coefficient (Wildman–Crippen LogP) is 3.88. The molecule has 0 bridgehead atoms. The normalized spacial score (nSPS) is 13.5. The zero-order valence-corrected chi connectivity index (χ0v) is 13.9. The second kappa shape index (κ2) is 8.69. The molecule has 3 heteroatoms. The first-order valence-corrected chi connectivity index (χ1v) is 8.02. The highest BCUT2D eigenvalue weighted by Crippen LogP contribution is 2.17. The molecule has 0 heterocycles. The smallest absolute Gasteiger partial charge is 0.103 e. The summed E-state index contributed by atoms with van der Waals surface area (Å²) in [5, 5.41) is 12.7. The molecule has 1 aromatic rings. The van der Waals surface area contributed by atoms with Crippen molar-refractivity contribution < 1.29 is 0 Å². The van der Waals surface area contributed by atoms with Crippen LogP contribution in [0.1, 0.15) is 45.6 Å². The van der Waals surface area contributed by atoms with Gasteiger partial charge in [-0.15, -0.1) is 0 Å². The third-order valence-electron chi connectivity index (χ3n) is 3.90. The lowest BCUT2D eigenvalue weighted by molar-refractivity contribution is 0.407. The van der Waals surface area contributed by atoms with Crippen LogP contribution in [0.4, 0.5) is 5.69 Å². The monoisotopic (exact) mass is 287 g/mol. The Labute approximate surface area is 130 Å². The summed E-state index contributed by atoms with van der Waals surface area (Å²) in [7, 11) is 0. The van der Waals surface area contributed by atoms with E-state index in [1.807, 2.05) is 6.92 Å². The lowest BCUT2D eigenvalue weighted by atomic mass is 9.97. The summed E-state index contributed by atoms with van der Waals surface area (Å²) in [5.74, 6) is 0. The maximum atomic E-state index is 9.36. The minimum Gasteiger partial charge on any atom is -0.372 e. The van der Waals surface area contributed by atoms with E-state index in [4.69, 9.17) is 0 Å². The quantitative estimate of drug-likeness (QED) is 0.749. The first-order chi connectivity index (χ1) is 10.0. The third kappa shape index (κ3) is 5.77. The molecule has 116 valence electrons. The van der Waals surface area contributed by atoms with E-state index in [0.29, 0.717) is 0 Å². The maximum absolute atomic E-state index is 9.36. The predicted molar refractivity (Wildman–Crippen MR) is 90.6 cm³/mol. The molecule has 21 heavy (non-hydrogen) atoms. The Morgan fingerprint density at radius 2 is 1.90 bits per heavy atom. The molecular formula is C18H29N3. The van der Waals surface area contributed by atoms with E-state index in [0.717, 1.165) is 38.9 Å². The van der Waals surface area contributed by atoms with Crippen molar-refractivity contribution >= 4 is 5.69 Å². The van der Waals surface area contributed by atoms with Crippen LogP contribution in [0.15, 0.2) is 24.3 Å². The first-order valence-electron chi connectivity index (χ1n) is 8.02. The van der Waals surface area contributed by atoms with Gasteiger partial charge >= 0.3 is 0 Å². The lowest BCUT2D eigenvalue weighted by Crippen LogP contribution is -2.42. The molecule has 0 aliphatic carbocycles. The van der Waals surface area contributed by atoms with Gasteiger partial charge in [-0.2, -0.15) is 5.26 Å². The number of benzene rings is 1. The van der Waals surface area contributed by atoms with E-state index in [1.165, 1.54) is 11.3 Å². The number of nitrogens with zero attached hydrogens (tertiary/aromatic N) is 2. The van der Waals surface area contributed by atoms with Crippen LogP contribution >= 0.6 is 0 Å². The molecule has 0 saturated heterocycles. The molecule has 1 atom stereocenters. The maximum Gasteiger partial charge on any atom is 0.103 e. The van der Waals surface area contributed by atoms with Crippen LogP contribution in [0.3, 0.4) is 0 Å². The van der Waals surface area contributed by atoms with Gasteiger partial charge in [0, 0.05) is 18.8 Å². The average molecular weight is 287 g/mol. The van der Waals surface area contributed by atoms with E-state index < -0.39 is 5.54 Å². The molecule has 0 spiro atoms. The second-order valence-corrected chi connectivity index (χ2v) is 5.89. The van der Waals surface area contributed by atoms with Crippen LogP contribution in [0, 0.1) is 18.3 Å². The summed E-state index contributed by atoms with van der Waals surface area (Å²) in [6, 6.07) is 11.1. The van der Waals surface area contributed by atoms with E-state index >= 15 is 0 Å². The van der Waals surface area contributed by atoms with Gasteiger partial charge in [-0.1, -0.05) is 24.6 Å². The molecule has 1 N–H and O–H groups in total. The van der Waals surface area contributed by atoms with Crippen molar-refractivity contribution in [1.29, 1.82) is 5.26 Å². The van der Waals surface area contributed by atoms with Crippen molar-refractivity contribution in [2.45, 2.75) is 52.5 Å². The van der Waals surface area contributed by atoms with Gasteiger partial charge in [0.1, 0.15) is 5.54 Å². The minimum absolute atomic E-state index is 0.400. The van der Waals surface area contributed by atoms with Gasteiger partial charge < -0.3 is 4.90 Å². The van der Waals surface area contributed by atoms with E-state index in [2.05, 4.69) is 61.3 Å². The Kier molecular flexibility index (Phi) is 7.25. The Morgan fingerprint density at radius 1 is 1.24 bits per heavy atom. The van der Waals surface area contributed by atoms with Gasteiger partial charge in [-0.05, 0) is 58.7 Å². The summed E-state index contributed by atoms with van der Waals surface area (Å²) < 4.78 is 0. The van der Waals surface area contributed by atoms with Gasteiger partial charge in [-0.3, -0.25) is 5.32 Å². The second-order valence-electron chi connectivity index (χ2n) is 5.89. The van der Waals surface area contributed by atoms with Gasteiger partial charge in [0.2, 0.25) is 0 Å². The number of aryl methyl sites for hydroxylation is 1. The highest BCUT2D eigenvalue weighted by atomic mass is 15.1. The molecular weight excluding hydrogens is 258 g/mol. The van der Waals surface area contributed by atoms with Crippen molar-refractivity contribution in [3.8, 4) is 6.07 Å². The third-order valence-corrected chi connectivity index (χ3v) is 3.90. The van der Waals surface area contributed by atoms with Crippen LogP contribution in [0.5, 0.6) is 0 Å². The Hall–Kier alpha value is -1.53. The molecule has 0 fully saturated rings. The average Bonchev–Trinajstić information content (AvgIpc) is 2.51. The van der Waals surface area contributed by atoms with Crippen LogP contribution < -0.4 is 10.2 Å². The highest BCUT2D eigenvalue weighted by Gasteiger charge is 2.22. The van der Waals surface area contributed by atoms with Gasteiger partial charge in [0.15, 0.2) is 0 Å². The molecule has 3 nitrogen and oxygen atoms in total. The zero-order valence-electron chi connectivity index (χ0n) is 13.9. The molecule has 0 aliphatic heterocycles. The molecule has 1 rings (SSSR count). The summed E-state index contributed by atoms with van der Waals surface area (Å²) >= 11 is 0. The molecule has 0 radical (unpaired) electrons. The molecule has 0 aromatic heterocycles. The lowest BCUT2D eigenvalue weighted by Gasteiger charge is -2.27. The Morgan fingerprint density at radius 3 is 2.43 bits per heavy atom. The molecule has 0 amide bonds. The summed E-state index contributed by atoms with van der Waals surface area (Å²) in [4.78, 5) is 2.37. The number of hydrogen-bond donors (Lipinski definition) is 1. The number of nitrogens with one attached hydrogen (secondary N) is 1. The van der Waals surface area contributed by atoms with E-state index in [1.54, 1.807) is 0 Å². The Balaban J connectivity index is 2.52. The van der Waals surface area contributed by atoms with Gasteiger partial charge in [-0.25, -0.2) is 0 Å². The topological polar surface area (TPSA) is 39.1 Å². The minimum atomic E-state index is -0.400. The van der Waals surface area contributed by atoms with Gasteiger partial charge in [0.05, 0.1) is 6.07 Å². The highest BCUT2D eigenvalue weighted by molar-refractivity contribution is 5.47. The Bertz CT molecular complexity index is 447. The molecule has 1 aromatic carbocycles. The number of hydrogen-bond acceptors (Lipinski definition) is 3. The largest absolute Gasteiger partial charge is 0.372 e. The van der Waals surface area contributed by atoms with Crippen LogP contribution in [0.2, 0.25) is 0 Å². The zero-order chi connectivity index (χ0) is 15.7. The number of nitriles is 1. The molecule has 0 saturated carbocycles. The summed E-state index contributed by atoms with van der Waals surface area (Å²) in [6.45, 7) is 11.3. The fourth-order valence-electron chi connectivity index (χ4n) is 2.43. The fraction of sp³-hybridized carbons (Fsp3) is 0.611. The van der Waals surface area contributed by atoms with Crippen molar-refractivity contribution in [2.75, 3.05) is 24.5 Å². The SMILES string of the molecule is CCCNC(C)(C#N)CCCN(CC)c1ccc(C)cc1. The summed E-state index contributed by atoms with van der Waals surface area (Å²) in [5.41, 5.74) is 2.15. The number of rotatable bonds is 9. The number of anilines is 1. The van der Waals surface area contributed by atoms with Crippen molar-refractivity contribution in [2.24, 2.45) is 0 Å². The van der Waals surface area contributed by atoms with Crippen LogP contribution in [0.25, 0.3) is 0 Å².